The van der Waals surface area contributed by atoms with E-state index < -0.39 is 11.9 Å². The minimum Gasteiger partial charge on any atom is -0.481 e. The van der Waals surface area contributed by atoms with Crippen LogP contribution in [0.25, 0.3) is 0 Å². The van der Waals surface area contributed by atoms with Crippen molar-refractivity contribution in [2.24, 2.45) is 38.9 Å². The second kappa shape index (κ2) is 9.46. The van der Waals surface area contributed by atoms with Gasteiger partial charge < -0.3 is 15.2 Å². The van der Waals surface area contributed by atoms with Crippen molar-refractivity contribution in [1.82, 2.24) is 5.32 Å². The maximum atomic E-state index is 12.3. The van der Waals surface area contributed by atoms with E-state index in [0.29, 0.717) is 23.9 Å². The first kappa shape index (κ1) is 28.9. The Labute approximate surface area is 236 Å². The molecule has 5 nitrogen and oxygen atoms in total. The highest BCUT2D eigenvalue weighted by Gasteiger charge is 2.65. The van der Waals surface area contributed by atoms with Crippen LogP contribution >= 0.6 is 0 Å². The summed E-state index contributed by atoms with van der Waals surface area (Å²) < 4.78 is 5.67. The normalized spacial score (nSPS) is 44.8. The van der Waals surface area contributed by atoms with E-state index in [1.54, 1.807) is 11.1 Å². The van der Waals surface area contributed by atoms with E-state index in [2.05, 4.69) is 65.9 Å². The molecule has 2 saturated carbocycles. The lowest BCUT2D eigenvalue weighted by Crippen LogP contribution is -2.62. The van der Waals surface area contributed by atoms with Gasteiger partial charge in [-0.1, -0.05) is 52.3 Å². The number of rotatable bonds is 5. The number of nitrogens with one attached hydrogen (secondary N) is 1. The van der Waals surface area contributed by atoms with Gasteiger partial charge in [0.25, 0.3) is 0 Å². The summed E-state index contributed by atoms with van der Waals surface area (Å²) in [6.45, 7) is 19.0. The molecule has 1 heterocycles. The zero-order chi connectivity index (χ0) is 28.5. The fraction of sp³-hybridized carbons (Fsp3) is 0.824. The molecule has 0 bridgehead atoms. The van der Waals surface area contributed by atoms with Gasteiger partial charge in [0, 0.05) is 11.0 Å². The number of allylic oxidation sites excluding steroid dienone is 4. The summed E-state index contributed by atoms with van der Waals surface area (Å²) in [5.41, 5.74) is 4.14. The molecule has 0 radical (unpaired) electrons. The van der Waals surface area contributed by atoms with E-state index in [1.165, 1.54) is 38.5 Å². The van der Waals surface area contributed by atoms with Crippen molar-refractivity contribution >= 4 is 11.9 Å². The van der Waals surface area contributed by atoms with Crippen molar-refractivity contribution in [1.29, 1.82) is 0 Å². The number of ether oxygens (including phenoxy) is 1. The maximum absolute atomic E-state index is 12.3. The fourth-order valence-electron chi connectivity index (χ4n) is 10.3. The van der Waals surface area contributed by atoms with Crippen LogP contribution in [0.1, 0.15) is 119 Å². The van der Waals surface area contributed by atoms with Gasteiger partial charge in [0.05, 0.1) is 19.4 Å². The summed E-state index contributed by atoms with van der Waals surface area (Å²) in [6.07, 6.45) is 15.7. The first-order chi connectivity index (χ1) is 18.1. The summed E-state index contributed by atoms with van der Waals surface area (Å²) in [4.78, 5) is 23.1. The first-order valence-corrected chi connectivity index (χ1v) is 15.6. The molecule has 4 aliphatic carbocycles. The molecular weight excluding hydrogens is 486 g/mol. The lowest BCUT2D eigenvalue weighted by atomic mass is 9.37. The third kappa shape index (κ3) is 4.53. The van der Waals surface area contributed by atoms with Crippen molar-refractivity contribution in [2.45, 2.75) is 125 Å². The molecule has 1 aliphatic heterocycles. The summed E-state index contributed by atoms with van der Waals surface area (Å²) in [5.74, 6) is -0.0956. The van der Waals surface area contributed by atoms with Crippen molar-refractivity contribution < 1.29 is 19.4 Å². The maximum Gasteiger partial charge on any atom is 0.306 e. The van der Waals surface area contributed by atoms with E-state index in [4.69, 9.17) is 9.84 Å². The quantitative estimate of drug-likeness (QED) is 0.355. The molecule has 5 heteroatoms. The Morgan fingerprint density at radius 3 is 2.41 bits per heavy atom. The second-order valence-electron chi connectivity index (χ2n) is 15.9. The molecule has 0 spiro atoms. The van der Waals surface area contributed by atoms with Crippen LogP contribution in [0.15, 0.2) is 23.3 Å². The molecule has 0 amide bonds. The SMILES string of the molecule is CC1(C)NCCC[C@]2(C)[C@H]3C=CC4=C5C[C@](C)(COC(=O)CCC(=O)O)CC[C@]5(C)CC[C@@]4(C)[C@]3(C)CC[C@@H]12. The van der Waals surface area contributed by atoms with Gasteiger partial charge in [-0.15, -0.1) is 0 Å². The predicted molar refractivity (Wildman–Crippen MR) is 155 cm³/mol. The van der Waals surface area contributed by atoms with Gasteiger partial charge in [-0.05, 0) is 117 Å². The summed E-state index contributed by atoms with van der Waals surface area (Å²) in [5, 5.41) is 12.8. The van der Waals surface area contributed by atoms with Crippen LogP contribution in [0.4, 0.5) is 0 Å². The molecule has 5 rings (SSSR count). The average molecular weight is 540 g/mol. The molecule has 2 N–H and O–H groups in total. The Bertz CT molecular complexity index is 1090. The van der Waals surface area contributed by atoms with Gasteiger partial charge in [-0.25, -0.2) is 0 Å². The topological polar surface area (TPSA) is 75.6 Å². The van der Waals surface area contributed by atoms with Gasteiger partial charge in [0.15, 0.2) is 0 Å². The molecule has 5 aliphatic rings. The van der Waals surface area contributed by atoms with E-state index in [-0.39, 0.29) is 40.0 Å². The van der Waals surface area contributed by atoms with Crippen LogP contribution in [0.3, 0.4) is 0 Å². The number of carbonyl (C=O) groups excluding carboxylic acids is 1. The monoisotopic (exact) mass is 539 g/mol. The number of fused-ring (bicyclic) bond motifs is 6. The molecule has 0 unspecified atom stereocenters. The fourth-order valence-corrected chi connectivity index (χ4v) is 10.3. The van der Waals surface area contributed by atoms with E-state index in [0.717, 1.165) is 25.8 Å². The third-order valence-corrected chi connectivity index (χ3v) is 13.0. The lowest BCUT2D eigenvalue weighted by molar-refractivity contribution is -0.151. The Hall–Kier alpha value is -1.62. The highest BCUT2D eigenvalue weighted by atomic mass is 16.5. The van der Waals surface area contributed by atoms with Crippen LogP contribution in [-0.2, 0) is 14.3 Å². The Morgan fingerprint density at radius 2 is 1.69 bits per heavy atom. The minimum atomic E-state index is -0.956. The molecular formula is C34H53NO4. The highest BCUT2D eigenvalue weighted by molar-refractivity contribution is 5.76. The summed E-state index contributed by atoms with van der Waals surface area (Å²) in [7, 11) is 0. The van der Waals surface area contributed by atoms with Crippen molar-refractivity contribution in [3.63, 3.8) is 0 Å². The highest BCUT2D eigenvalue weighted by Crippen LogP contribution is 2.72. The Balaban J connectivity index is 1.48. The van der Waals surface area contributed by atoms with Crippen LogP contribution in [0.5, 0.6) is 0 Å². The average Bonchev–Trinajstić information content (AvgIpc) is 2.98. The summed E-state index contributed by atoms with van der Waals surface area (Å²) >= 11 is 0. The third-order valence-electron chi connectivity index (χ3n) is 13.0. The number of carboxylic acids is 1. The van der Waals surface area contributed by atoms with Crippen molar-refractivity contribution in [3.8, 4) is 0 Å². The van der Waals surface area contributed by atoms with E-state index in [1.807, 2.05) is 0 Å². The first-order valence-electron chi connectivity index (χ1n) is 15.6. The molecule has 218 valence electrons. The van der Waals surface area contributed by atoms with E-state index in [9.17, 15) is 9.59 Å². The van der Waals surface area contributed by atoms with Crippen molar-refractivity contribution in [3.05, 3.63) is 23.3 Å². The molecule has 1 saturated heterocycles. The zero-order valence-electron chi connectivity index (χ0n) is 25.7. The number of carboxylic acid groups (broad SMARTS) is 1. The van der Waals surface area contributed by atoms with Crippen LogP contribution in [0, 0.1) is 38.9 Å². The molecule has 3 fully saturated rings. The summed E-state index contributed by atoms with van der Waals surface area (Å²) in [6, 6.07) is 0. The van der Waals surface area contributed by atoms with Crippen LogP contribution in [-0.4, -0.2) is 35.7 Å². The molecule has 0 aromatic carbocycles. The van der Waals surface area contributed by atoms with Crippen molar-refractivity contribution in [2.75, 3.05) is 13.2 Å². The number of carbonyl (C=O) groups is 2. The standard InChI is InChI=1S/C34H53NO4/c1-29(2)25-13-15-34(7)26(32(25,5)14-8-20-35-29)10-9-23-24-21-30(3,22-39-28(38)12-11-27(36)37)16-17-31(24,4)18-19-33(23,34)6/h9-10,25-26,35H,8,11-22H2,1-7H3,(H,36,37)/t25-,26+,30+,31+,32-,33+,34+/m0/s1. The van der Waals surface area contributed by atoms with Gasteiger partial charge in [0.1, 0.15) is 0 Å². The Morgan fingerprint density at radius 1 is 0.974 bits per heavy atom. The smallest absolute Gasteiger partial charge is 0.306 e. The lowest BCUT2D eigenvalue weighted by Gasteiger charge is -2.67. The minimum absolute atomic E-state index is 0.0519. The zero-order valence-corrected chi connectivity index (χ0v) is 25.7. The van der Waals surface area contributed by atoms with Crippen LogP contribution < -0.4 is 5.32 Å². The van der Waals surface area contributed by atoms with Gasteiger partial charge in [-0.2, -0.15) is 0 Å². The number of hydrogen-bond acceptors (Lipinski definition) is 4. The van der Waals surface area contributed by atoms with Crippen LogP contribution in [0.2, 0.25) is 0 Å². The van der Waals surface area contributed by atoms with Gasteiger partial charge in [0.2, 0.25) is 0 Å². The van der Waals surface area contributed by atoms with Gasteiger partial charge >= 0.3 is 11.9 Å². The van der Waals surface area contributed by atoms with Gasteiger partial charge in [-0.3, -0.25) is 9.59 Å². The van der Waals surface area contributed by atoms with E-state index >= 15 is 0 Å². The number of hydrogen-bond donors (Lipinski definition) is 2. The molecule has 0 aromatic rings. The second-order valence-corrected chi connectivity index (χ2v) is 15.9. The molecule has 0 aromatic heterocycles. The number of aliphatic carboxylic acids is 1. The molecule has 39 heavy (non-hydrogen) atoms. The number of esters is 1. The Kier molecular flexibility index (Phi) is 7.01. The largest absolute Gasteiger partial charge is 0.481 e. The predicted octanol–water partition coefficient (Wildman–Crippen LogP) is 7.46. The molecule has 7 atom stereocenters.